The number of benzene rings is 2. The van der Waals surface area contributed by atoms with E-state index in [0.29, 0.717) is 23.5 Å². The number of hydrogen-bond donors (Lipinski definition) is 1. The third kappa shape index (κ3) is 2.25. The van der Waals surface area contributed by atoms with E-state index in [2.05, 4.69) is 22.3 Å². The van der Waals surface area contributed by atoms with Gasteiger partial charge in [-0.3, -0.25) is 5.10 Å². The summed E-state index contributed by atoms with van der Waals surface area (Å²) in [6.45, 7) is 2.37. The number of nitrogens with one attached hydrogen (secondary N) is 1. The predicted octanol–water partition coefficient (Wildman–Crippen LogP) is 3.37. The second kappa shape index (κ2) is 5.59. The Bertz CT molecular complexity index is 911. The van der Waals surface area contributed by atoms with Gasteiger partial charge in [-0.25, -0.2) is 0 Å². The zero-order valence-electron chi connectivity index (χ0n) is 11.9. The van der Waals surface area contributed by atoms with E-state index in [1.165, 1.54) is 0 Å². The van der Waals surface area contributed by atoms with Crippen LogP contribution in [0.5, 0.6) is 5.75 Å². The number of aromatic nitrogens is 2. The van der Waals surface area contributed by atoms with Gasteiger partial charge in [0.15, 0.2) is 0 Å². The van der Waals surface area contributed by atoms with Crippen molar-refractivity contribution in [1.82, 2.24) is 10.2 Å². The lowest BCUT2D eigenvalue weighted by Crippen LogP contribution is -1.94. The number of aromatic amines is 1. The molecule has 0 saturated carbocycles. The lowest BCUT2D eigenvalue weighted by Gasteiger charge is -2.06. The van der Waals surface area contributed by atoms with Crippen LogP contribution in [0.15, 0.2) is 36.4 Å². The summed E-state index contributed by atoms with van der Waals surface area (Å²) in [4.78, 5) is 0. The average Bonchev–Trinajstić information content (AvgIpc) is 2.97. The zero-order chi connectivity index (χ0) is 15.5. The SMILES string of the molecule is CCOc1cc2c(-c3ccc(C#N)cc3)n[nH]c2cc1C#N. The monoisotopic (exact) mass is 288 g/mol. The van der Waals surface area contributed by atoms with Crippen LogP contribution in [0.1, 0.15) is 18.1 Å². The van der Waals surface area contributed by atoms with Gasteiger partial charge in [0, 0.05) is 10.9 Å². The van der Waals surface area contributed by atoms with Crippen LogP contribution in [-0.4, -0.2) is 16.8 Å². The molecule has 1 heterocycles. The maximum atomic E-state index is 9.19. The molecule has 22 heavy (non-hydrogen) atoms. The molecule has 3 aromatic rings. The van der Waals surface area contributed by atoms with E-state index in [4.69, 9.17) is 10.00 Å². The highest BCUT2D eigenvalue weighted by Gasteiger charge is 2.13. The number of nitriles is 2. The Kier molecular flexibility index (Phi) is 3.47. The molecule has 0 aliphatic heterocycles. The predicted molar refractivity (Wildman–Crippen MR) is 82.1 cm³/mol. The number of H-pyrrole nitrogens is 1. The van der Waals surface area contributed by atoms with Crippen molar-refractivity contribution in [2.75, 3.05) is 6.61 Å². The molecule has 0 atom stereocenters. The van der Waals surface area contributed by atoms with Crippen molar-refractivity contribution in [2.45, 2.75) is 6.92 Å². The number of hydrogen-bond acceptors (Lipinski definition) is 4. The number of rotatable bonds is 3. The Hall–Kier alpha value is -3.31. The van der Waals surface area contributed by atoms with Crippen molar-refractivity contribution in [2.24, 2.45) is 0 Å². The largest absolute Gasteiger partial charge is 0.492 e. The molecule has 3 rings (SSSR count). The molecule has 2 aromatic carbocycles. The summed E-state index contributed by atoms with van der Waals surface area (Å²) in [5, 5.41) is 26.2. The van der Waals surface area contributed by atoms with Crippen LogP contribution >= 0.6 is 0 Å². The quantitative estimate of drug-likeness (QED) is 0.800. The molecule has 0 spiro atoms. The molecule has 5 nitrogen and oxygen atoms in total. The van der Waals surface area contributed by atoms with Crippen molar-refractivity contribution < 1.29 is 4.74 Å². The number of fused-ring (bicyclic) bond motifs is 1. The number of nitrogens with zero attached hydrogens (tertiary/aromatic N) is 3. The Morgan fingerprint density at radius 3 is 2.55 bits per heavy atom. The third-order valence-electron chi connectivity index (χ3n) is 3.37. The van der Waals surface area contributed by atoms with Crippen LogP contribution in [0, 0.1) is 22.7 Å². The van der Waals surface area contributed by atoms with Crippen LogP contribution in [0.3, 0.4) is 0 Å². The van der Waals surface area contributed by atoms with Gasteiger partial charge in [0.25, 0.3) is 0 Å². The maximum Gasteiger partial charge on any atom is 0.137 e. The van der Waals surface area contributed by atoms with Gasteiger partial charge < -0.3 is 4.74 Å². The van der Waals surface area contributed by atoms with Gasteiger partial charge >= 0.3 is 0 Å². The van der Waals surface area contributed by atoms with Gasteiger partial charge in [-0.15, -0.1) is 0 Å². The maximum absolute atomic E-state index is 9.19. The van der Waals surface area contributed by atoms with Gasteiger partial charge in [-0.1, -0.05) is 12.1 Å². The summed E-state index contributed by atoms with van der Waals surface area (Å²) in [5.41, 5.74) is 3.52. The van der Waals surface area contributed by atoms with Crippen LogP contribution < -0.4 is 4.74 Å². The molecule has 0 aliphatic rings. The van der Waals surface area contributed by atoms with Crippen molar-refractivity contribution in [1.29, 1.82) is 10.5 Å². The molecule has 1 N–H and O–H groups in total. The van der Waals surface area contributed by atoms with E-state index in [1.807, 2.05) is 25.1 Å². The molecule has 106 valence electrons. The summed E-state index contributed by atoms with van der Waals surface area (Å²) in [5.74, 6) is 0.550. The van der Waals surface area contributed by atoms with Gasteiger partial charge in [0.05, 0.1) is 29.3 Å². The van der Waals surface area contributed by atoms with Gasteiger partial charge in [0.1, 0.15) is 17.5 Å². The van der Waals surface area contributed by atoms with E-state index >= 15 is 0 Å². The zero-order valence-corrected chi connectivity index (χ0v) is 11.9. The smallest absolute Gasteiger partial charge is 0.137 e. The van der Waals surface area contributed by atoms with E-state index < -0.39 is 0 Å². The van der Waals surface area contributed by atoms with Crippen molar-refractivity contribution in [3.63, 3.8) is 0 Å². The van der Waals surface area contributed by atoms with Gasteiger partial charge in [-0.2, -0.15) is 15.6 Å². The summed E-state index contributed by atoms with van der Waals surface area (Å²) in [7, 11) is 0. The molecular weight excluding hydrogens is 276 g/mol. The van der Waals surface area contributed by atoms with E-state index in [1.54, 1.807) is 18.2 Å². The fourth-order valence-corrected chi connectivity index (χ4v) is 2.33. The van der Waals surface area contributed by atoms with E-state index in [9.17, 15) is 5.26 Å². The molecule has 0 fully saturated rings. The lowest BCUT2D eigenvalue weighted by molar-refractivity contribution is 0.340. The van der Waals surface area contributed by atoms with E-state index in [0.717, 1.165) is 22.2 Å². The molecule has 0 unspecified atom stereocenters. The molecule has 0 bridgehead atoms. The second-order valence-electron chi connectivity index (χ2n) is 4.70. The Morgan fingerprint density at radius 2 is 1.91 bits per heavy atom. The first-order valence-corrected chi connectivity index (χ1v) is 6.82. The topological polar surface area (TPSA) is 85.5 Å². The molecule has 0 aliphatic carbocycles. The first-order chi connectivity index (χ1) is 10.8. The minimum atomic E-state index is 0.476. The Morgan fingerprint density at radius 1 is 1.14 bits per heavy atom. The highest BCUT2D eigenvalue weighted by Crippen LogP contribution is 2.31. The standard InChI is InChI=1S/C17H12N4O/c1-2-22-16-8-14-15(7-13(16)10-19)20-21-17(14)12-5-3-11(9-18)4-6-12/h3-8H,2H2,1H3,(H,20,21). The average molecular weight is 288 g/mol. The normalized spacial score (nSPS) is 10.1. The molecule has 1 aromatic heterocycles. The molecular formula is C17H12N4O. The highest BCUT2D eigenvalue weighted by molar-refractivity contribution is 5.94. The third-order valence-corrected chi connectivity index (χ3v) is 3.37. The summed E-state index contributed by atoms with van der Waals surface area (Å²) < 4.78 is 5.53. The second-order valence-corrected chi connectivity index (χ2v) is 4.70. The number of ether oxygens (including phenoxy) is 1. The van der Waals surface area contributed by atoms with Crippen LogP contribution in [0.2, 0.25) is 0 Å². The minimum absolute atomic E-state index is 0.476. The molecule has 0 radical (unpaired) electrons. The lowest BCUT2D eigenvalue weighted by atomic mass is 10.0. The van der Waals surface area contributed by atoms with Gasteiger partial charge in [0.2, 0.25) is 0 Å². The molecule has 0 amide bonds. The van der Waals surface area contributed by atoms with Crippen LogP contribution in [-0.2, 0) is 0 Å². The van der Waals surface area contributed by atoms with Crippen LogP contribution in [0.4, 0.5) is 0 Å². The van der Waals surface area contributed by atoms with Crippen molar-refractivity contribution >= 4 is 10.9 Å². The Labute approximate surface area is 127 Å². The first kappa shape index (κ1) is 13.7. The summed E-state index contributed by atoms with van der Waals surface area (Å²) in [6, 6.07) is 15.0. The Balaban J connectivity index is 2.16. The molecule has 0 saturated heterocycles. The fraction of sp³-hybridized carbons (Fsp3) is 0.118. The van der Waals surface area contributed by atoms with Gasteiger partial charge in [-0.05, 0) is 31.2 Å². The minimum Gasteiger partial charge on any atom is -0.492 e. The van der Waals surface area contributed by atoms with Crippen molar-refractivity contribution in [3.05, 3.63) is 47.5 Å². The summed E-state index contributed by atoms with van der Waals surface area (Å²) in [6.07, 6.45) is 0. The first-order valence-electron chi connectivity index (χ1n) is 6.82. The molecule has 5 heteroatoms. The summed E-state index contributed by atoms with van der Waals surface area (Å²) >= 11 is 0. The highest BCUT2D eigenvalue weighted by atomic mass is 16.5. The van der Waals surface area contributed by atoms with Crippen LogP contribution in [0.25, 0.3) is 22.2 Å². The van der Waals surface area contributed by atoms with Crippen molar-refractivity contribution in [3.8, 4) is 29.1 Å². The fourth-order valence-electron chi connectivity index (χ4n) is 2.33. The van der Waals surface area contributed by atoms with E-state index in [-0.39, 0.29) is 0 Å².